The molecule has 2 heterocycles. The Morgan fingerprint density at radius 1 is 1.29 bits per heavy atom. The molecule has 2 atom stereocenters. The summed E-state index contributed by atoms with van der Waals surface area (Å²) in [6, 6.07) is 6.87. The van der Waals surface area contributed by atoms with Gasteiger partial charge in [-0.1, -0.05) is 11.6 Å². The second-order valence-corrected chi connectivity index (χ2v) is 7.89. The Morgan fingerprint density at radius 3 is 2.81 bits per heavy atom. The van der Waals surface area contributed by atoms with Gasteiger partial charge in [-0.05, 0) is 37.5 Å². The van der Waals surface area contributed by atoms with E-state index in [1.807, 2.05) is 6.07 Å². The normalized spacial score (nSPS) is 26.3. The number of nitrogens with zero attached hydrogens (tertiary/aromatic N) is 2. The van der Waals surface area contributed by atoms with Gasteiger partial charge in [-0.15, -0.1) is 0 Å². The van der Waals surface area contributed by atoms with Crippen LogP contribution in [0.2, 0.25) is 5.02 Å². The molecule has 0 amide bonds. The molecule has 1 N–H and O–H groups in total. The van der Waals surface area contributed by atoms with E-state index < -0.39 is 10.0 Å². The minimum Gasteiger partial charge on any atom is -0.310 e. The van der Waals surface area contributed by atoms with Crippen molar-refractivity contribution in [1.82, 2.24) is 9.62 Å². The summed E-state index contributed by atoms with van der Waals surface area (Å²) in [5, 5.41) is 12.7. The number of benzene rings is 1. The Balaban J connectivity index is 1.91. The molecule has 1 aromatic rings. The molecule has 2 saturated heterocycles. The lowest BCUT2D eigenvalue weighted by atomic mass is 10.1. The molecule has 5 nitrogen and oxygen atoms in total. The van der Waals surface area contributed by atoms with Gasteiger partial charge >= 0.3 is 0 Å². The highest BCUT2D eigenvalue weighted by molar-refractivity contribution is 7.89. The highest BCUT2D eigenvalue weighted by Gasteiger charge is 2.35. The summed E-state index contributed by atoms with van der Waals surface area (Å²) in [7, 11) is -3.57. The molecule has 2 fully saturated rings. The van der Waals surface area contributed by atoms with Crippen LogP contribution in [0, 0.1) is 11.3 Å². The average molecular weight is 326 g/mol. The molecular weight excluding hydrogens is 310 g/mol. The Labute approximate surface area is 129 Å². The molecule has 3 rings (SSSR count). The number of nitrogens with one attached hydrogen (secondary N) is 1. The van der Waals surface area contributed by atoms with Crippen LogP contribution in [-0.4, -0.2) is 37.9 Å². The molecule has 7 heteroatoms. The molecule has 21 heavy (non-hydrogen) atoms. The predicted octanol–water partition coefficient (Wildman–Crippen LogP) is 1.73. The summed E-state index contributed by atoms with van der Waals surface area (Å²) < 4.78 is 27.0. The van der Waals surface area contributed by atoms with Crippen molar-refractivity contribution < 1.29 is 8.42 Å². The summed E-state index contributed by atoms with van der Waals surface area (Å²) in [5.41, 5.74) is 0.187. The highest BCUT2D eigenvalue weighted by Crippen LogP contribution is 2.27. The maximum absolute atomic E-state index is 12.7. The zero-order valence-electron chi connectivity index (χ0n) is 11.4. The number of hydrogen-bond donors (Lipinski definition) is 1. The fourth-order valence-electron chi connectivity index (χ4n) is 3.03. The van der Waals surface area contributed by atoms with Crippen LogP contribution in [0.1, 0.15) is 24.8 Å². The molecular formula is C14H16ClN3O2S. The van der Waals surface area contributed by atoms with Crippen LogP contribution >= 0.6 is 11.6 Å². The predicted molar refractivity (Wildman–Crippen MR) is 79.5 cm³/mol. The average Bonchev–Trinajstić information content (AvgIpc) is 2.77. The molecule has 112 valence electrons. The van der Waals surface area contributed by atoms with E-state index in [1.54, 1.807) is 0 Å². The van der Waals surface area contributed by atoms with Gasteiger partial charge in [-0.2, -0.15) is 9.57 Å². The second-order valence-electron chi connectivity index (χ2n) is 5.54. The number of nitriles is 1. The first-order chi connectivity index (χ1) is 10.0. The Hall–Kier alpha value is -1.13. The Kier molecular flexibility index (Phi) is 3.93. The monoisotopic (exact) mass is 325 g/mol. The van der Waals surface area contributed by atoms with Crippen LogP contribution in [0.4, 0.5) is 0 Å². The largest absolute Gasteiger partial charge is 0.310 e. The van der Waals surface area contributed by atoms with E-state index >= 15 is 0 Å². The fraction of sp³-hybridized carbons (Fsp3) is 0.500. The molecule has 0 radical (unpaired) electrons. The van der Waals surface area contributed by atoms with Gasteiger partial charge in [0, 0.05) is 25.2 Å². The lowest BCUT2D eigenvalue weighted by molar-refractivity contribution is 0.383. The topological polar surface area (TPSA) is 73.2 Å². The molecule has 0 saturated carbocycles. The van der Waals surface area contributed by atoms with E-state index in [2.05, 4.69) is 5.32 Å². The van der Waals surface area contributed by atoms with Crippen LogP contribution in [0.25, 0.3) is 0 Å². The Bertz CT molecular complexity index is 699. The van der Waals surface area contributed by atoms with Crippen LogP contribution in [0.3, 0.4) is 0 Å². The van der Waals surface area contributed by atoms with Crippen molar-refractivity contribution in [3.05, 3.63) is 28.8 Å². The highest BCUT2D eigenvalue weighted by atomic mass is 35.5. The summed E-state index contributed by atoms with van der Waals surface area (Å²) in [6.07, 6.45) is 2.97. The quantitative estimate of drug-likeness (QED) is 0.898. The second kappa shape index (κ2) is 5.58. The van der Waals surface area contributed by atoms with Gasteiger partial charge in [0.05, 0.1) is 15.5 Å². The van der Waals surface area contributed by atoms with E-state index in [0.29, 0.717) is 19.1 Å². The summed E-state index contributed by atoms with van der Waals surface area (Å²) in [4.78, 5) is 0.140. The number of hydrogen-bond acceptors (Lipinski definition) is 4. The van der Waals surface area contributed by atoms with Crippen molar-refractivity contribution in [3.63, 3.8) is 0 Å². The van der Waals surface area contributed by atoms with E-state index in [0.717, 1.165) is 19.3 Å². The van der Waals surface area contributed by atoms with Crippen molar-refractivity contribution in [2.45, 2.75) is 36.2 Å². The first-order valence-electron chi connectivity index (χ1n) is 6.96. The van der Waals surface area contributed by atoms with E-state index in [-0.39, 0.29) is 21.5 Å². The van der Waals surface area contributed by atoms with Gasteiger partial charge in [-0.3, -0.25) is 0 Å². The van der Waals surface area contributed by atoms with Gasteiger partial charge in [0.2, 0.25) is 10.0 Å². The lowest BCUT2D eigenvalue weighted by Gasteiger charge is -2.23. The van der Waals surface area contributed by atoms with Crippen LogP contribution in [0.5, 0.6) is 0 Å². The molecule has 0 aromatic heterocycles. The maximum Gasteiger partial charge on any atom is 0.243 e. The standard InChI is InChI=1S/C14H16ClN3O2S/c15-14-4-3-13(7-10(14)8-16)21(19,20)18-6-5-11-1-2-12(9-18)17-11/h3-4,7,11-12,17H,1-2,5-6,9H2. The minimum atomic E-state index is -3.57. The van der Waals surface area contributed by atoms with Crippen LogP contribution in [0.15, 0.2) is 23.1 Å². The van der Waals surface area contributed by atoms with Gasteiger partial charge in [0.25, 0.3) is 0 Å². The third kappa shape index (κ3) is 2.79. The zero-order chi connectivity index (χ0) is 15.0. The fourth-order valence-corrected chi connectivity index (χ4v) is 4.72. The van der Waals surface area contributed by atoms with Crippen LogP contribution < -0.4 is 5.32 Å². The summed E-state index contributed by atoms with van der Waals surface area (Å²) >= 11 is 5.87. The molecule has 0 spiro atoms. The molecule has 2 aliphatic heterocycles. The van der Waals surface area contributed by atoms with E-state index in [9.17, 15) is 8.42 Å². The lowest BCUT2D eigenvalue weighted by Crippen LogP contribution is -2.39. The third-order valence-corrected chi connectivity index (χ3v) is 6.37. The van der Waals surface area contributed by atoms with Crippen molar-refractivity contribution >= 4 is 21.6 Å². The van der Waals surface area contributed by atoms with Crippen LogP contribution in [-0.2, 0) is 10.0 Å². The first-order valence-corrected chi connectivity index (χ1v) is 8.78. The zero-order valence-corrected chi connectivity index (χ0v) is 13.0. The molecule has 2 aliphatic rings. The van der Waals surface area contributed by atoms with Gasteiger partial charge in [0.1, 0.15) is 6.07 Å². The van der Waals surface area contributed by atoms with Crippen molar-refractivity contribution in [2.24, 2.45) is 0 Å². The van der Waals surface area contributed by atoms with Gasteiger partial charge in [0.15, 0.2) is 0 Å². The Morgan fingerprint density at radius 2 is 2.05 bits per heavy atom. The molecule has 2 bridgehead atoms. The summed E-state index contributed by atoms with van der Waals surface area (Å²) in [6.45, 7) is 1.00. The van der Waals surface area contributed by atoms with Crippen molar-refractivity contribution in [1.29, 1.82) is 5.26 Å². The molecule has 1 aromatic carbocycles. The van der Waals surface area contributed by atoms with Gasteiger partial charge < -0.3 is 5.32 Å². The number of fused-ring (bicyclic) bond motifs is 2. The van der Waals surface area contributed by atoms with Crippen molar-refractivity contribution in [3.8, 4) is 6.07 Å². The first kappa shape index (κ1) is 14.8. The summed E-state index contributed by atoms with van der Waals surface area (Å²) in [5.74, 6) is 0. The van der Waals surface area contributed by atoms with Crippen molar-refractivity contribution in [2.75, 3.05) is 13.1 Å². The smallest absolute Gasteiger partial charge is 0.243 e. The van der Waals surface area contributed by atoms with E-state index in [4.69, 9.17) is 16.9 Å². The van der Waals surface area contributed by atoms with E-state index in [1.165, 1.54) is 22.5 Å². The maximum atomic E-state index is 12.7. The molecule has 0 aliphatic carbocycles. The number of sulfonamides is 1. The number of rotatable bonds is 2. The minimum absolute atomic E-state index is 0.140. The number of halogens is 1. The SMILES string of the molecule is N#Cc1cc(S(=O)(=O)N2CCC3CCC(C2)N3)ccc1Cl. The van der Waals surface area contributed by atoms with Gasteiger partial charge in [-0.25, -0.2) is 8.42 Å². The third-order valence-electron chi connectivity index (χ3n) is 4.18. The molecule has 2 unspecified atom stereocenters.